The summed E-state index contributed by atoms with van der Waals surface area (Å²) in [6, 6.07) is 0. The molecule has 6 heteroatoms. The van der Waals surface area contributed by atoms with E-state index in [1.165, 1.54) is 5.69 Å². The highest BCUT2D eigenvalue weighted by Gasteiger charge is 2.29. The summed E-state index contributed by atoms with van der Waals surface area (Å²) < 4.78 is 2.16. The molecular formula is C13H20N4OS. The van der Waals surface area contributed by atoms with Gasteiger partial charge in [-0.05, 0) is 25.8 Å². The third kappa shape index (κ3) is 2.35. The zero-order valence-electron chi connectivity index (χ0n) is 11.3. The highest BCUT2D eigenvalue weighted by molar-refractivity contribution is 7.15. The molecule has 2 aromatic heterocycles. The van der Waals surface area contributed by atoms with E-state index in [-0.39, 0.29) is 6.10 Å². The Labute approximate surface area is 116 Å². The first-order valence-corrected chi connectivity index (χ1v) is 7.55. The van der Waals surface area contributed by atoms with Gasteiger partial charge in [-0.25, -0.2) is 4.98 Å². The predicted molar refractivity (Wildman–Crippen MR) is 77.8 cm³/mol. The lowest BCUT2D eigenvalue weighted by atomic mass is 9.82. The minimum atomic E-state index is -0.0827. The summed E-state index contributed by atoms with van der Waals surface area (Å²) in [6.07, 6.45) is 3.84. The van der Waals surface area contributed by atoms with Crippen molar-refractivity contribution in [2.45, 2.75) is 25.5 Å². The number of aliphatic hydroxyl groups excluding tert-OH is 1. The van der Waals surface area contributed by atoms with Crippen molar-refractivity contribution < 1.29 is 5.11 Å². The summed E-state index contributed by atoms with van der Waals surface area (Å²) in [7, 11) is 4.05. The molecule has 3 rings (SSSR count). The summed E-state index contributed by atoms with van der Waals surface area (Å²) >= 11 is 1.66. The molecule has 0 saturated heterocycles. The number of hydrogen-bond acceptors (Lipinski definition) is 5. The molecule has 2 heterocycles. The Morgan fingerprint density at radius 3 is 3.05 bits per heavy atom. The number of nitrogens with zero attached hydrogens (tertiary/aromatic N) is 3. The third-order valence-electron chi connectivity index (χ3n) is 3.79. The van der Waals surface area contributed by atoms with Crippen LogP contribution in [0.5, 0.6) is 0 Å². The number of anilines is 1. The number of thiazole rings is 1. The van der Waals surface area contributed by atoms with Crippen LogP contribution in [0.2, 0.25) is 0 Å². The van der Waals surface area contributed by atoms with E-state index >= 15 is 0 Å². The molecule has 1 saturated carbocycles. The van der Waals surface area contributed by atoms with Crippen LogP contribution in [0.4, 0.5) is 5.82 Å². The number of nitrogens with one attached hydrogen (secondary N) is 1. The Kier molecular flexibility index (Phi) is 3.47. The molecule has 0 atom stereocenters. The fraction of sp³-hybridized carbons (Fsp3) is 0.615. The largest absolute Gasteiger partial charge is 0.393 e. The highest BCUT2D eigenvalue weighted by Crippen LogP contribution is 2.30. The number of imidazole rings is 1. The number of hydrogen-bond donors (Lipinski definition) is 2. The van der Waals surface area contributed by atoms with Crippen LogP contribution < -0.4 is 10.2 Å². The van der Waals surface area contributed by atoms with Crippen LogP contribution >= 0.6 is 11.3 Å². The smallest absolute Gasteiger partial charge is 0.195 e. The maximum atomic E-state index is 9.38. The second kappa shape index (κ2) is 5.11. The van der Waals surface area contributed by atoms with Crippen molar-refractivity contribution in [2.24, 2.45) is 5.92 Å². The molecule has 1 aliphatic carbocycles. The number of aliphatic hydroxyl groups is 1. The molecule has 19 heavy (non-hydrogen) atoms. The lowest BCUT2D eigenvalue weighted by molar-refractivity contribution is 0.0464. The molecule has 2 N–H and O–H groups in total. The lowest BCUT2D eigenvalue weighted by Crippen LogP contribution is -2.37. The van der Waals surface area contributed by atoms with E-state index in [1.54, 1.807) is 11.3 Å². The minimum Gasteiger partial charge on any atom is -0.393 e. The van der Waals surface area contributed by atoms with Gasteiger partial charge in [-0.3, -0.25) is 4.40 Å². The highest BCUT2D eigenvalue weighted by atomic mass is 32.1. The van der Waals surface area contributed by atoms with Gasteiger partial charge in [0, 0.05) is 31.7 Å². The molecule has 1 fully saturated rings. The Hall–Kier alpha value is -1.11. The fourth-order valence-electron chi connectivity index (χ4n) is 2.78. The standard InChI is InChI=1S/C13H20N4OS/c1-14-7-11-12(15-13-17(11)3-4-19-13)16(2)8-9-5-10(18)6-9/h3-4,9-10,14,18H,5-8H2,1-2H3. The van der Waals surface area contributed by atoms with Gasteiger partial charge in [0.25, 0.3) is 0 Å². The van der Waals surface area contributed by atoms with Crippen LogP contribution in [0, 0.1) is 5.92 Å². The minimum absolute atomic E-state index is 0.0827. The van der Waals surface area contributed by atoms with Gasteiger partial charge in [0.1, 0.15) is 0 Å². The normalized spacial score (nSPS) is 22.7. The molecule has 5 nitrogen and oxygen atoms in total. The summed E-state index contributed by atoms with van der Waals surface area (Å²) in [5, 5.41) is 14.7. The first kappa shape index (κ1) is 12.9. The molecule has 0 spiro atoms. The Morgan fingerprint density at radius 2 is 2.37 bits per heavy atom. The molecule has 2 aromatic rings. The van der Waals surface area contributed by atoms with Crippen molar-refractivity contribution in [1.29, 1.82) is 0 Å². The van der Waals surface area contributed by atoms with E-state index in [2.05, 4.69) is 33.2 Å². The molecule has 0 aromatic carbocycles. The summed E-state index contributed by atoms with van der Waals surface area (Å²) in [5.41, 5.74) is 1.21. The van der Waals surface area contributed by atoms with Crippen molar-refractivity contribution in [3.05, 3.63) is 17.3 Å². The molecule has 0 radical (unpaired) electrons. The van der Waals surface area contributed by atoms with E-state index in [0.29, 0.717) is 5.92 Å². The van der Waals surface area contributed by atoms with Gasteiger partial charge in [0.15, 0.2) is 10.8 Å². The Bertz CT molecular complexity index is 558. The Balaban J connectivity index is 1.81. The van der Waals surface area contributed by atoms with Gasteiger partial charge in [-0.2, -0.15) is 0 Å². The van der Waals surface area contributed by atoms with E-state index in [4.69, 9.17) is 4.98 Å². The van der Waals surface area contributed by atoms with E-state index in [9.17, 15) is 5.11 Å². The molecule has 0 amide bonds. The molecule has 0 unspecified atom stereocenters. The third-order valence-corrected chi connectivity index (χ3v) is 4.55. The van der Waals surface area contributed by atoms with Crippen LogP contribution in [0.15, 0.2) is 11.6 Å². The topological polar surface area (TPSA) is 52.8 Å². The van der Waals surface area contributed by atoms with Crippen molar-refractivity contribution in [1.82, 2.24) is 14.7 Å². The number of fused-ring (bicyclic) bond motifs is 1. The maximum absolute atomic E-state index is 9.38. The van der Waals surface area contributed by atoms with Crippen LogP contribution in [0.3, 0.4) is 0 Å². The number of aromatic nitrogens is 2. The second-order valence-corrected chi connectivity index (χ2v) is 6.21. The average Bonchev–Trinajstić information content (AvgIpc) is 2.90. The first-order chi connectivity index (χ1) is 9.19. The predicted octanol–water partition coefficient (Wildman–Crippen LogP) is 1.32. The van der Waals surface area contributed by atoms with Crippen molar-refractivity contribution in [3.63, 3.8) is 0 Å². The molecular weight excluding hydrogens is 260 g/mol. The van der Waals surface area contributed by atoms with Gasteiger partial charge in [-0.15, -0.1) is 11.3 Å². The zero-order valence-corrected chi connectivity index (χ0v) is 12.2. The van der Waals surface area contributed by atoms with E-state index < -0.39 is 0 Å². The molecule has 0 bridgehead atoms. The Morgan fingerprint density at radius 1 is 1.58 bits per heavy atom. The van der Waals surface area contributed by atoms with Gasteiger partial charge in [0.2, 0.25) is 0 Å². The van der Waals surface area contributed by atoms with Gasteiger partial charge in [-0.1, -0.05) is 0 Å². The van der Waals surface area contributed by atoms with E-state index in [1.807, 2.05) is 7.05 Å². The van der Waals surface area contributed by atoms with Crippen LogP contribution in [0.1, 0.15) is 18.5 Å². The van der Waals surface area contributed by atoms with Gasteiger partial charge >= 0.3 is 0 Å². The van der Waals surface area contributed by atoms with Crippen molar-refractivity contribution >= 4 is 22.1 Å². The molecule has 104 valence electrons. The summed E-state index contributed by atoms with van der Waals surface area (Å²) in [5.74, 6) is 1.66. The lowest BCUT2D eigenvalue weighted by Gasteiger charge is -2.34. The van der Waals surface area contributed by atoms with Crippen molar-refractivity contribution in [3.8, 4) is 0 Å². The van der Waals surface area contributed by atoms with Crippen LogP contribution in [-0.4, -0.2) is 41.2 Å². The summed E-state index contributed by atoms with van der Waals surface area (Å²) in [6.45, 7) is 1.78. The van der Waals surface area contributed by atoms with Crippen molar-refractivity contribution in [2.75, 3.05) is 25.5 Å². The quantitative estimate of drug-likeness (QED) is 0.867. The van der Waals surface area contributed by atoms with Gasteiger partial charge in [0.05, 0.1) is 11.8 Å². The monoisotopic (exact) mass is 280 g/mol. The average molecular weight is 280 g/mol. The first-order valence-electron chi connectivity index (χ1n) is 6.67. The zero-order chi connectivity index (χ0) is 13.4. The van der Waals surface area contributed by atoms with Gasteiger partial charge < -0.3 is 15.3 Å². The van der Waals surface area contributed by atoms with Crippen LogP contribution in [0.25, 0.3) is 4.96 Å². The number of rotatable bonds is 5. The summed E-state index contributed by atoms with van der Waals surface area (Å²) in [4.78, 5) is 7.99. The SMILES string of the molecule is CNCc1c(N(C)CC2CC(O)C2)nc2sccn12. The second-order valence-electron chi connectivity index (χ2n) is 5.34. The molecule has 0 aliphatic heterocycles. The van der Waals surface area contributed by atoms with E-state index in [0.717, 1.165) is 36.7 Å². The maximum Gasteiger partial charge on any atom is 0.195 e. The molecule has 1 aliphatic rings. The fourth-order valence-corrected chi connectivity index (χ4v) is 3.51. The van der Waals surface area contributed by atoms with Crippen LogP contribution in [-0.2, 0) is 6.54 Å².